The van der Waals surface area contributed by atoms with Gasteiger partial charge >= 0.3 is 0 Å². The largest absolute Gasteiger partial charge is 0.356 e. The van der Waals surface area contributed by atoms with E-state index in [-0.39, 0.29) is 5.75 Å². The van der Waals surface area contributed by atoms with E-state index in [0.717, 1.165) is 23.1 Å². The first-order valence-corrected chi connectivity index (χ1v) is 7.85. The third-order valence-electron chi connectivity index (χ3n) is 2.97. The second kappa shape index (κ2) is 4.07. The Morgan fingerprint density at radius 2 is 2.22 bits per heavy atom. The molecule has 0 spiro atoms. The van der Waals surface area contributed by atoms with Crippen molar-refractivity contribution in [1.29, 1.82) is 0 Å². The molecule has 3 rings (SSSR count). The van der Waals surface area contributed by atoms with Gasteiger partial charge in [-0.2, -0.15) is 0 Å². The minimum atomic E-state index is -3.62. The average Bonchev–Trinajstić information content (AvgIpc) is 2.71. The van der Waals surface area contributed by atoms with Gasteiger partial charge in [-0.25, -0.2) is 8.42 Å². The van der Waals surface area contributed by atoms with Gasteiger partial charge < -0.3 is 4.52 Å². The van der Waals surface area contributed by atoms with Crippen LogP contribution in [0.3, 0.4) is 0 Å². The van der Waals surface area contributed by atoms with Crippen molar-refractivity contribution in [2.75, 3.05) is 0 Å². The summed E-state index contributed by atoms with van der Waals surface area (Å²) in [7, 11) is 1.63. The van der Waals surface area contributed by atoms with Crippen LogP contribution in [0, 0.1) is 0 Å². The molecule has 0 saturated carbocycles. The number of aromatic nitrogens is 2. The Balaban J connectivity index is 2.10. The monoisotopic (exact) mass is 284 g/mol. The van der Waals surface area contributed by atoms with Gasteiger partial charge in [0.15, 0.2) is 5.76 Å². The van der Waals surface area contributed by atoms with E-state index in [4.69, 9.17) is 15.2 Å². The van der Waals surface area contributed by atoms with Crippen molar-refractivity contribution in [2.45, 2.75) is 18.6 Å². The Labute approximate surface area is 108 Å². The van der Waals surface area contributed by atoms with Crippen molar-refractivity contribution in [3.63, 3.8) is 0 Å². The topological polar surface area (TPSA) is 73.1 Å². The predicted octanol–water partition coefficient (Wildman–Crippen LogP) is 1.90. The summed E-state index contributed by atoms with van der Waals surface area (Å²) in [5, 5.41) is 3.82. The van der Waals surface area contributed by atoms with Crippen molar-refractivity contribution < 1.29 is 12.9 Å². The van der Waals surface area contributed by atoms with Crippen LogP contribution in [0.15, 0.2) is 23.0 Å². The lowest BCUT2D eigenvalue weighted by Crippen LogP contribution is -2.06. The zero-order valence-corrected chi connectivity index (χ0v) is 10.8. The maximum absolute atomic E-state index is 11.1. The number of fused-ring (bicyclic) bond motifs is 3. The van der Waals surface area contributed by atoms with Gasteiger partial charge in [0.25, 0.3) is 0 Å². The van der Waals surface area contributed by atoms with Crippen molar-refractivity contribution in [1.82, 2.24) is 10.1 Å². The molecule has 2 heterocycles. The molecule has 1 aliphatic carbocycles. The van der Waals surface area contributed by atoms with E-state index in [9.17, 15) is 8.42 Å². The molecule has 1 aliphatic rings. The summed E-state index contributed by atoms with van der Waals surface area (Å²) < 4.78 is 27.5. The molecule has 0 N–H and O–H groups in total. The highest BCUT2D eigenvalue weighted by Crippen LogP contribution is 2.35. The highest BCUT2D eigenvalue weighted by atomic mass is 35.7. The Morgan fingerprint density at radius 3 is 3.00 bits per heavy atom. The van der Waals surface area contributed by atoms with Crippen LogP contribution in [0.5, 0.6) is 0 Å². The predicted molar refractivity (Wildman–Crippen MR) is 65.6 cm³/mol. The fourth-order valence-corrected chi connectivity index (χ4v) is 3.06. The lowest BCUT2D eigenvalue weighted by molar-refractivity contribution is 0.424. The van der Waals surface area contributed by atoms with E-state index in [2.05, 4.69) is 10.1 Å². The standard InChI is InChI=1S/C11H9ClN2O3S/c12-18(15,16)6-10-9-2-1-7-5-13-4-3-8(7)11(9)17-14-10/h3-5H,1-2,6H2. The van der Waals surface area contributed by atoms with Gasteiger partial charge in [0, 0.05) is 34.2 Å². The normalized spacial score (nSPS) is 14.1. The van der Waals surface area contributed by atoms with Gasteiger partial charge in [-0.15, -0.1) is 0 Å². The van der Waals surface area contributed by atoms with Gasteiger partial charge in [0.1, 0.15) is 11.4 Å². The fourth-order valence-electron chi connectivity index (χ4n) is 2.20. The molecule has 18 heavy (non-hydrogen) atoms. The van der Waals surface area contributed by atoms with Gasteiger partial charge in [0.05, 0.1) is 0 Å². The van der Waals surface area contributed by atoms with Crippen LogP contribution in [-0.4, -0.2) is 18.6 Å². The quantitative estimate of drug-likeness (QED) is 0.788. The molecule has 0 bridgehead atoms. The Morgan fingerprint density at radius 1 is 1.39 bits per heavy atom. The van der Waals surface area contributed by atoms with E-state index in [0.29, 0.717) is 17.9 Å². The van der Waals surface area contributed by atoms with Crippen molar-refractivity contribution in [2.24, 2.45) is 0 Å². The SMILES string of the molecule is O=S(=O)(Cl)Cc1noc2c1CCc1cnccc1-2. The molecule has 0 unspecified atom stereocenters. The number of hydrogen-bond acceptors (Lipinski definition) is 5. The first-order chi connectivity index (χ1) is 8.54. The molecule has 0 fully saturated rings. The average molecular weight is 285 g/mol. The Bertz CT molecular complexity index is 709. The second-order valence-corrected chi connectivity index (χ2v) is 6.93. The van der Waals surface area contributed by atoms with Gasteiger partial charge in [-0.3, -0.25) is 4.98 Å². The maximum Gasteiger partial charge on any atom is 0.238 e. The zero-order chi connectivity index (χ0) is 12.8. The number of rotatable bonds is 2. The number of pyridine rings is 1. The van der Waals surface area contributed by atoms with Crippen LogP contribution in [-0.2, 0) is 27.6 Å². The highest BCUT2D eigenvalue weighted by molar-refractivity contribution is 8.13. The molecule has 2 aromatic rings. The highest BCUT2D eigenvalue weighted by Gasteiger charge is 2.26. The minimum absolute atomic E-state index is 0.298. The maximum atomic E-state index is 11.1. The van der Waals surface area contributed by atoms with Crippen molar-refractivity contribution in [3.05, 3.63) is 35.3 Å². The fraction of sp³-hybridized carbons (Fsp3) is 0.273. The zero-order valence-electron chi connectivity index (χ0n) is 9.26. The molecule has 0 aromatic carbocycles. The van der Waals surface area contributed by atoms with Crippen LogP contribution in [0.25, 0.3) is 11.3 Å². The molecule has 94 valence electrons. The lowest BCUT2D eigenvalue weighted by Gasteiger charge is -2.13. The molecular formula is C11H9ClN2O3S. The number of aryl methyl sites for hydroxylation is 1. The molecule has 5 nitrogen and oxygen atoms in total. The van der Waals surface area contributed by atoms with E-state index in [1.165, 1.54) is 0 Å². The molecule has 0 saturated heterocycles. The summed E-state index contributed by atoms with van der Waals surface area (Å²) in [6.45, 7) is 0. The lowest BCUT2D eigenvalue weighted by atomic mass is 9.91. The summed E-state index contributed by atoms with van der Waals surface area (Å²) in [4.78, 5) is 4.06. The molecular weight excluding hydrogens is 276 g/mol. The first kappa shape index (κ1) is 11.7. The Kier molecular flexibility index (Phi) is 2.64. The van der Waals surface area contributed by atoms with E-state index in [1.807, 2.05) is 6.07 Å². The summed E-state index contributed by atoms with van der Waals surface area (Å²) in [5.41, 5.74) is 3.25. The van der Waals surface area contributed by atoms with Crippen LogP contribution >= 0.6 is 10.7 Å². The van der Waals surface area contributed by atoms with Crippen LogP contribution in [0.4, 0.5) is 0 Å². The molecule has 7 heteroatoms. The third kappa shape index (κ3) is 2.02. The molecule has 0 atom stereocenters. The first-order valence-electron chi connectivity index (χ1n) is 5.37. The molecule has 0 radical (unpaired) electrons. The smallest absolute Gasteiger partial charge is 0.238 e. The van der Waals surface area contributed by atoms with Crippen LogP contribution < -0.4 is 0 Å². The summed E-state index contributed by atoms with van der Waals surface area (Å²) in [5.74, 6) is 0.335. The molecule has 0 aliphatic heterocycles. The van der Waals surface area contributed by atoms with Gasteiger partial charge in [-0.1, -0.05) is 5.16 Å². The van der Waals surface area contributed by atoms with E-state index in [1.54, 1.807) is 12.4 Å². The minimum Gasteiger partial charge on any atom is -0.356 e. The summed E-state index contributed by atoms with van der Waals surface area (Å²) >= 11 is 0. The van der Waals surface area contributed by atoms with Crippen LogP contribution in [0.2, 0.25) is 0 Å². The van der Waals surface area contributed by atoms with Gasteiger partial charge in [-0.05, 0) is 24.5 Å². The van der Waals surface area contributed by atoms with Crippen LogP contribution in [0.1, 0.15) is 16.8 Å². The molecule has 0 amide bonds. The van der Waals surface area contributed by atoms with E-state index >= 15 is 0 Å². The van der Waals surface area contributed by atoms with Gasteiger partial charge in [0.2, 0.25) is 9.05 Å². The third-order valence-corrected chi connectivity index (χ3v) is 3.92. The number of halogens is 1. The number of nitrogens with zero attached hydrogens (tertiary/aromatic N) is 2. The second-order valence-electron chi connectivity index (χ2n) is 4.15. The summed E-state index contributed by atoms with van der Waals surface area (Å²) in [6, 6.07) is 1.84. The molecule has 2 aromatic heterocycles. The number of hydrogen-bond donors (Lipinski definition) is 0. The van der Waals surface area contributed by atoms with Crippen molar-refractivity contribution >= 4 is 19.7 Å². The van der Waals surface area contributed by atoms with E-state index < -0.39 is 9.05 Å². The Hall–Kier alpha value is -1.40. The van der Waals surface area contributed by atoms with Crippen molar-refractivity contribution in [3.8, 4) is 11.3 Å². The summed E-state index contributed by atoms with van der Waals surface area (Å²) in [6.07, 6.45) is 4.96.